The first-order valence-corrected chi connectivity index (χ1v) is 9.69. The summed E-state index contributed by atoms with van der Waals surface area (Å²) in [5.41, 5.74) is 2.40. The third-order valence-electron chi connectivity index (χ3n) is 5.68. The number of anilines is 1. The number of hydrogen-bond acceptors (Lipinski definition) is 6. The van der Waals surface area contributed by atoms with Gasteiger partial charge >= 0.3 is 0 Å². The monoisotopic (exact) mass is 368 g/mol. The smallest absolute Gasteiger partial charge is 0.222 e. The van der Waals surface area contributed by atoms with Crippen LogP contribution >= 0.6 is 0 Å². The van der Waals surface area contributed by atoms with Gasteiger partial charge in [-0.1, -0.05) is 12.1 Å². The van der Waals surface area contributed by atoms with E-state index >= 15 is 0 Å². The zero-order valence-corrected chi connectivity index (χ0v) is 16.1. The number of ether oxygens (including phenoxy) is 2. The van der Waals surface area contributed by atoms with E-state index in [4.69, 9.17) is 9.47 Å². The second-order valence-electron chi connectivity index (χ2n) is 7.69. The lowest BCUT2D eigenvalue weighted by Gasteiger charge is -2.50. The lowest BCUT2D eigenvalue weighted by atomic mass is 9.78. The first kappa shape index (κ1) is 18.2. The maximum absolute atomic E-state index is 6.19. The minimum Gasteiger partial charge on any atom is -0.497 e. The molecule has 144 valence electrons. The molecule has 4 rings (SSSR count). The minimum atomic E-state index is 0.0364. The fraction of sp³-hybridized carbons (Fsp3) is 0.524. The number of rotatable bonds is 7. The summed E-state index contributed by atoms with van der Waals surface area (Å²) in [4.78, 5) is 11.1. The van der Waals surface area contributed by atoms with Crippen molar-refractivity contribution in [2.75, 3.05) is 38.7 Å². The average Bonchev–Trinajstić information content (AvgIpc) is 3.07. The number of aromatic nitrogens is 2. The molecule has 6 heteroatoms. The van der Waals surface area contributed by atoms with Gasteiger partial charge in [0.1, 0.15) is 5.75 Å². The summed E-state index contributed by atoms with van der Waals surface area (Å²) in [6.07, 6.45) is 5.92. The van der Waals surface area contributed by atoms with E-state index in [1.54, 1.807) is 7.11 Å². The van der Waals surface area contributed by atoms with Crippen molar-refractivity contribution in [2.24, 2.45) is 5.92 Å². The van der Waals surface area contributed by atoms with Gasteiger partial charge in [-0.15, -0.1) is 0 Å². The second kappa shape index (κ2) is 7.82. The third-order valence-corrected chi connectivity index (χ3v) is 5.68. The molecular weight excluding hydrogens is 340 g/mol. The number of benzene rings is 1. The van der Waals surface area contributed by atoms with E-state index in [2.05, 4.69) is 38.4 Å². The van der Waals surface area contributed by atoms with Crippen LogP contribution in [0.2, 0.25) is 0 Å². The van der Waals surface area contributed by atoms with Crippen molar-refractivity contribution in [3.05, 3.63) is 47.8 Å². The maximum Gasteiger partial charge on any atom is 0.222 e. The first-order chi connectivity index (χ1) is 13.2. The maximum atomic E-state index is 6.19. The number of hydrogen-bond donors (Lipinski definition) is 1. The summed E-state index contributed by atoms with van der Waals surface area (Å²) < 4.78 is 11.5. The van der Waals surface area contributed by atoms with Crippen LogP contribution in [0.1, 0.15) is 24.0 Å². The van der Waals surface area contributed by atoms with Crippen molar-refractivity contribution < 1.29 is 9.47 Å². The standard InChI is InChI=1S/C21H28N4O2/c1-16-11-23-20(24-12-16)22-8-6-18-7-9-27-21(18)14-25(15-21)13-17-4-3-5-19(10-17)26-2/h3-5,10-12,18H,6-9,13-15H2,1-2H3,(H,22,23,24). The minimum absolute atomic E-state index is 0.0364. The molecule has 6 nitrogen and oxygen atoms in total. The van der Waals surface area contributed by atoms with Gasteiger partial charge in [-0.2, -0.15) is 0 Å². The fourth-order valence-electron chi connectivity index (χ4n) is 4.24. The van der Waals surface area contributed by atoms with Crippen LogP contribution in [0.25, 0.3) is 0 Å². The largest absolute Gasteiger partial charge is 0.497 e. The highest BCUT2D eigenvalue weighted by atomic mass is 16.5. The van der Waals surface area contributed by atoms with Gasteiger partial charge in [0, 0.05) is 45.2 Å². The molecule has 27 heavy (non-hydrogen) atoms. The molecule has 1 aromatic heterocycles. The Morgan fingerprint density at radius 3 is 2.89 bits per heavy atom. The van der Waals surface area contributed by atoms with Gasteiger partial charge in [-0.05, 0) is 48.9 Å². The molecule has 1 atom stereocenters. The van der Waals surface area contributed by atoms with Crippen molar-refractivity contribution in [1.29, 1.82) is 0 Å². The Balaban J connectivity index is 1.27. The molecule has 0 radical (unpaired) electrons. The zero-order valence-electron chi connectivity index (χ0n) is 16.1. The van der Waals surface area contributed by atoms with Crippen molar-refractivity contribution in [3.63, 3.8) is 0 Å². The topological polar surface area (TPSA) is 59.5 Å². The zero-order chi connectivity index (χ0) is 18.7. The van der Waals surface area contributed by atoms with Gasteiger partial charge in [-0.3, -0.25) is 4.90 Å². The molecule has 3 heterocycles. The SMILES string of the molecule is COc1cccc(CN2CC3(C2)OCCC3CCNc2ncc(C)cn2)c1. The molecule has 1 unspecified atom stereocenters. The Labute approximate surface area is 160 Å². The lowest BCUT2D eigenvalue weighted by Crippen LogP contribution is -2.64. The van der Waals surface area contributed by atoms with E-state index in [1.807, 2.05) is 25.4 Å². The normalized spacial score (nSPS) is 21.2. The van der Waals surface area contributed by atoms with Crippen LogP contribution < -0.4 is 10.1 Å². The van der Waals surface area contributed by atoms with Crippen LogP contribution in [-0.4, -0.2) is 53.8 Å². The molecule has 0 bridgehead atoms. The van der Waals surface area contributed by atoms with Crippen LogP contribution in [0.3, 0.4) is 0 Å². The van der Waals surface area contributed by atoms with E-state index in [1.165, 1.54) is 5.56 Å². The summed E-state index contributed by atoms with van der Waals surface area (Å²) >= 11 is 0. The highest BCUT2D eigenvalue weighted by Crippen LogP contribution is 2.42. The lowest BCUT2D eigenvalue weighted by molar-refractivity contribution is -0.136. The average molecular weight is 368 g/mol. The van der Waals surface area contributed by atoms with Gasteiger partial charge in [-0.25, -0.2) is 9.97 Å². The number of nitrogens with one attached hydrogen (secondary N) is 1. The highest BCUT2D eigenvalue weighted by molar-refractivity contribution is 5.29. The van der Waals surface area contributed by atoms with Gasteiger partial charge in [0.2, 0.25) is 5.95 Å². The van der Waals surface area contributed by atoms with Crippen LogP contribution in [0.15, 0.2) is 36.7 Å². The van der Waals surface area contributed by atoms with Crippen molar-refractivity contribution >= 4 is 5.95 Å². The number of methoxy groups -OCH3 is 1. The molecular formula is C21H28N4O2. The summed E-state index contributed by atoms with van der Waals surface area (Å²) in [7, 11) is 1.71. The molecule has 2 fully saturated rings. The van der Waals surface area contributed by atoms with E-state index in [-0.39, 0.29) is 5.60 Å². The van der Waals surface area contributed by atoms with E-state index in [0.717, 1.165) is 56.9 Å². The Bertz CT molecular complexity index is 759. The van der Waals surface area contributed by atoms with Crippen LogP contribution in [0.4, 0.5) is 5.95 Å². The van der Waals surface area contributed by atoms with Crippen LogP contribution in [-0.2, 0) is 11.3 Å². The Kier molecular flexibility index (Phi) is 5.27. The number of aryl methyl sites for hydroxylation is 1. The summed E-state index contributed by atoms with van der Waals surface area (Å²) in [5.74, 6) is 2.22. The Morgan fingerprint density at radius 2 is 2.11 bits per heavy atom. The number of nitrogens with zero attached hydrogens (tertiary/aromatic N) is 3. The molecule has 0 aliphatic carbocycles. The third kappa shape index (κ3) is 4.06. The Hall–Kier alpha value is -2.18. The molecule has 1 aromatic carbocycles. The molecule has 2 aliphatic heterocycles. The molecule has 2 saturated heterocycles. The van der Waals surface area contributed by atoms with Crippen molar-refractivity contribution in [2.45, 2.75) is 31.9 Å². The van der Waals surface area contributed by atoms with Crippen molar-refractivity contribution in [3.8, 4) is 5.75 Å². The quantitative estimate of drug-likeness (QED) is 0.811. The van der Waals surface area contributed by atoms with Crippen LogP contribution in [0.5, 0.6) is 5.75 Å². The van der Waals surface area contributed by atoms with E-state index in [9.17, 15) is 0 Å². The molecule has 0 amide bonds. The summed E-state index contributed by atoms with van der Waals surface area (Å²) in [5, 5.41) is 3.34. The summed E-state index contributed by atoms with van der Waals surface area (Å²) in [6, 6.07) is 8.31. The van der Waals surface area contributed by atoms with Crippen LogP contribution in [0, 0.1) is 12.8 Å². The fourth-order valence-corrected chi connectivity index (χ4v) is 4.24. The number of likely N-dealkylation sites (tertiary alicyclic amines) is 1. The predicted molar refractivity (Wildman–Crippen MR) is 105 cm³/mol. The van der Waals surface area contributed by atoms with Gasteiger partial charge < -0.3 is 14.8 Å². The highest BCUT2D eigenvalue weighted by Gasteiger charge is 2.52. The van der Waals surface area contributed by atoms with Gasteiger partial charge in [0.15, 0.2) is 0 Å². The summed E-state index contributed by atoms with van der Waals surface area (Å²) in [6.45, 7) is 6.72. The first-order valence-electron chi connectivity index (χ1n) is 9.69. The predicted octanol–water partition coefficient (Wildman–Crippen LogP) is 2.89. The molecule has 0 saturated carbocycles. The Morgan fingerprint density at radius 1 is 1.30 bits per heavy atom. The molecule has 1 N–H and O–H groups in total. The second-order valence-corrected chi connectivity index (χ2v) is 7.69. The van der Waals surface area contributed by atoms with Crippen molar-refractivity contribution in [1.82, 2.24) is 14.9 Å². The van der Waals surface area contributed by atoms with E-state index in [0.29, 0.717) is 11.9 Å². The van der Waals surface area contributed by atoms with Gasteiger partial charge in [0.05, 0.1) is 12.7 Å². The van der Waals surface area contributed by atoms with Gasteiger partial charge in [0.25, 0.3) is 0 Å². The molecule has 2 aromatic rings. The molecule has 1 spiro atoms. The van der Waals surface area contributed by atoms with E-state index < -0.39 is 0 Å². The molecule has 2 aliphatic rings.